The van der Waals surface area contributed by atoms with Crippen LogP contribution in [-0.2, 0) is 20.0 Å². The summed E-state index contributed by atoms with van der Waals surface area (Å²) in [5.41, 5.74) is 1.01. The summed E-state index contributed by atoms with van der Waals surface area (Å²) in [6, 6.07) is 6.91. The van der Waals surface area contributed by atoms with Gasteiger partial charge in [-0.15, -0.1) is 0 Å². The molecule has 0 spiro atoms. The van der Waals surface area contributed by atoms with Gasteiger partial charge in [-0.2, -0.15) is 0 Å². The van der Waals surface area contributed by atoms with Gasteiger partial charge in [0.05, 0.1) is 19.4 Å². The molecule has 0 amide bonds. The Morgan fingerprint density at radius 3 is 1.90 bits per heavy atom. The summed E-state index contributed by atoms with van der Waals surface area (Å²) in [5.74, 6) is 0.860. The minimum atomic E-state index is -3.07. The third-order valence-corrected chi connectivity index (χ3v) is 4.68. The number of hydrogen-bond acceptors (Lipinski definition) is 4. The fourth-order valence-corrected chi connectivity index (χ4v) is 3.54. The predicted octanol–water partition coefficient (Wildman–Crippen LogP) is 4.47. The van der Waals surface area contributed by atoms with Gasteiger partial charge in [-0.3, -0.25) is 4.57 Å². The van der Waals surface area contributed by atoms with E-state index in [0.717, 1.165) is 5.56 Å². The summed E-state index contributed by atoms with van der Waals surface area (Å²) < 4.78 is 23.9. The molecule has 1 aromatic rings. The summed E-state index contributed by atoms with van der Waals surface area (Å²) >= 11 is 0. The number of phenols is 1. The minimum absolute atomic E-state index is 0.231. The minimum Gasteiger partial charge on any atom is -0.508 e. The van der Waals surface area contributed by atoms with E-state index in [1.54, 1.807) is 12.1 Å². The van der Waals surface area contributed by atoms with Gasteiger partial charge in [0.15, 0.2) is 0 Å². The van der Waals surface area contributed by atoms with Crippen LogP contribution in [0.25, 0.3) is 0 Å². The predicted molar refractivity (Wildman–Crippen MR) is 85.9 cm³/mol. The largest absolute Gasteiger partial charge is 0.508 e. The molecular weight excluding hydrogens is 287 g/mol. The van der Waals surface area contributed by atoms with Gasteiger partial charge in [0.1, 0.15) is 5.75 Å². The number of phenolic OH excluding ortho intramolecular Hbond substituents is 1. The van der Waals surface area contributed by atoms with E-state index < -0.39 is 7.60 Å². The highest BCUT2D eigenvalue weighted by Gasteiger charge is 2.25. The van der Waals surface area contributed by atoms with Crippen molar-refractivity contribution in [2.75, 3.05) is 19.4 Å². The quantitative estimate of drug-likeness (QED) is 0.683. The van der Waals surface area contributed by atoms with Gasteiger partial charge in [-0.1, -0.05) is 39.8 Å². The van der Waals surface area contributed by atoms with Gasteiger partial charge < -0.3 is 14.2 Å². The number of rotatable bonds is 9. The summed E-state index contributed by atoms with van der Waals surface area (Å²) in [5, 5.41) is 9.27. The van der Waals surface area contributed by atoms with Crippen LogP contribution < -0.4 is 0 Å². The molecule has 0 atom stereocenters. The van der Waals surface area contributed by atoms with E-state index in [-0.39, 0.29) is 5.75 Å². The smallest absolute Gasteiger partial charge is 0.331 e. The van der Waals surface area contributed by atoms with Crippen LogP contribution in [0.2, 0.25) is 0 Å². The summed E-state index contributed by atoms with van der Waals surface area (Å²) in [6.45, 7) is 8.95. The Balaban J connectivity index is 2.62. The van der Waals surface area contributed by atoms with Crippen LogP contribution in [0.5, 0.6) is 5.75 Å². The molecule has 21 heavy (non-hydrogen) atoms. The second-order valence-electron chi connectivity index (χ2n) is 6.13. The molecule has 1 N–H and O–H groups in total. The average Bonchev–Trinajstić information content (AvgIpc) is 2.43. The zero-order valence-electron chi connectivity index (χ0n) is 13.4. The molecule has 0 bridgehead atoms. The van der Waals surface area contributed by atoms with E-state index in [1.807, 2.05) is 39.8 Å². The van der Waals surface area contributed by atoms with Crippen molar-refractivity contribution in [3.8, 4) is 5.75 Å². The Bertz CT molecular complexity index is 438. The first kappa shape index (κ1) is 18.2. The lowest BCUT2D eigenvalue weighted by Crippen LogP contribution is -2.09. The Hall–Kier alpha value is -0.830. The average molecular weight is 314 g/mol. The number of aromatic hydroxyl groups is 1. The molecular formula is C16H27O4P. The molecule has 5 heteroatoms. The molecule has 1 aromatic carbocycles. The van der Waals surface area contributed by atoms with Crippen LogP contribution in [0.3, 0.4) is 0 Å². The SMILES string of the molecule is CC(C)COP(=O)(CCc1ccc(O)cc1)OCC(C)C. The Morgan fingerprint density at radius 1 is 1.00 bits per heavy atom. The highest BCUT2D eigenvalue weighted by atomic mass is 31.2. The molecule has 4 nitrogen and oxygen atoms in total. The summed E-state index contributed by atoms with van der Waals surface area (Å²) in [7, 11) is -3.07. The maximum Gasteiger partial charge on any atom is 0.331 e. The van der Waals surface area contributed by atoms with E-state index >= 15 is 0 Å². The lowest BCUT2D eigenvalue weighted by atomic mass is 10.2. The van der Waals surface area contributed by atoms with E-state index in [2.05, 4.69) is 0 Å². The van der Waals surface area contributed by atoms with Crippen molar-refractivity contribution in [2.45, 2.75) is 34.1 Å². The monoisotopic (exact) mass is 314 g/mol. The van der Waals surface area contributed by atoms with Gasteiger partial charge in [-0.25, -0.2) is 0 Å². The molecule has 0 aromatic heterocycles. The highest BCUT2D eigenvalue weighted by Crippen LogP contribution is 2.49. The van der Waals surface area contributed by atoms with Crippen molar-refractivity contribution >= 4 is 7.60 Å². The maximum atomic E-state index is 12.8. The van der Waals surface area contributed by atoms with Gasteiger partial charge in [0.25, 0.3) is 0 Å². The van der Waals surface area contributed by atoms with Crippen LogP contribution in [0.15, 0.2) is 24.3 Å². The van der Waals surface area contributed by atoms with E-state index in [9.17, 15) is 9.67 Å². The molecule has 0 unspecified atom stereocenters. The zero-order valence-corrected chi connectivity index (χ0v) is 14.3. The van der Waals surface area contributed by atoms with Crippen molar-refractivity contribution in [3.05, 3.63) is 29.8 Å². The number of aryl methyl sites for hydroxylation is 1. The van der Waals surface area contributed by atoms with Crippen LogP contribution >= 0.6 is 7.60 Å². The first-order valence-electron chi connectivity index (χ1n) is 7.47. The zero-order chi connectivity index (χ0) is 15.9. The molecule has 0 aliphatic carbocycles. The molecule has 0 radical (unpaired) electrons. The van der Waals surface area contributed by atoms with Crippen molar-refractivity contribution in [2.24, 2.45) is 11.8 Å². The third-order valence-electron chi connectivity index (χ3n) is 2.82. The molecule has 0 saturated heterocycles. The standard InChI is InChI=1S/C16H27O4P/c1-13(2)11-19-21(18,20-12-14(3)4)10-9-15-5-7-16(17)8-6-15/h5-8,13-14,17H,9-12H2,1-4H3. The fraction of sp³-hybridized carbons (Fsp3) is 0.625. The summed E-state index contributed by atoms with van der Waals surface area (Å²) in [4.78, 5) is 0. The van der Waals surface area contributed by atoms with Gasteiger partial charge in [0, 0.05) is 0 Å². The molecule has 0 heterocycles. The topological polar surface area (TPSA) is 55.8 Å². The normalized spacial score (nSPS) is 12.3. The van der Waals surface area contributed by atoms with Gasteiger partial charge in [0.2, 0.25) is 0 Å². The fourth-order valence-electron chi connectivity index (χ4n) is 1.62. The maximum absolute atomic E-state index is 12.8. The van der Waals surface area contributed by atoms with Crippen LogP contribution in [0, 0.1) is 11.8 Å². The van der Waals surface area contributed by atoms with Crippen molar-refractivity contribution in [3.63, 3.8) is 0 Å². The van der Waals surface area contributed by atoms with Gasteiger partial charge in [-0.05, 0) is 36.0 Å². The highest BCUT2D eigenvalue weighted by molar-refractivity contribution is 7.53. The number of benzene rings is 1. The van der Waals surface area contributed by atoms with Crippen molar-refractivity contribution < 1.29 is 18.7 Å². The van der Waals surface area contributed by atoms with Crippen molar-refractivity contribution in [1.82, 2.24) is 0 Å². The third kappa shape index (κ3) is 7.66. The van der Waals surface area contributed by atoms with Crippen LogP contribution in [-0.4, -0.2) is 24.5 Å². The molecule has 0 aliphatic heterocycles. The molecule has 1 rings (SSSR count). The van der Waals surface area contributed by atoms with Gasteiger partial charge >= 0.3 is 7.60 Å². The molecule has 0 saturated carbocycles. The second kappa shape index (κ2) is 8.57. The van der Waals surface area contributed by atoms with Crippen LogP contribution in [0.4, 0.5) is 0 Å². The van der Waals surface area contributed by atoms with E-state index in [1.165, 1.54) is 0 Å². The first-order valence-corrected chi connectivity index (χ1v) is 9.19. The molecule has 0 aliphatic rings. The number of hydrogen-bond donors (Lipinski definition) is 1. The lowest BCUT2D eigenvalue weighted by Gasteiger charge is -2.21. The summed E-state index contributed by atoms with van der Waals surface area (Å²) in [6.07, 6.45) is 0.963. The second-order valence-corrected chi connectivity index (χ2v) is 8.32. The molecule has 120 valence electrons. The van der Waals surface area contributed by atoms with E-state index in [4.69, 9.17) is 9.05 Å². The Morgan fingerprint density at radius 2 is 1.48 bits per heavy atom. The first-order chi connectivity index (χ1) is 9.81. The van der Waals surface area contributed by atoms with Crippen molar-refractivity contribution in [1.29, 1.82) is 0 Å². The lowest BCUT2D eigenvalue weighted by molar-refractivity contribution is 0.173. The Labute approximate surface area is 128 Å². The van der Waals surface area contributed by atoms with Crippen LogP contribution in [0.1, 0.15) is 33.3 Å². The Kier molecular flexibility index (Phi) is 7.44. The molecule has 0 fully saturated rings. The van der Waals surface area contributed by atoms with E-state index in [0.29, 0.717) is 37.6 Å².